The second-order valence-electron chi connectivity index (χ2n) is 6.28. The van der Waals surface area contributed by atoms with E-state index in [0.717, 1.165) is 27.4 Å². The molecule has 0 bridgehead atoms. The normalized spacial score (nSPS) is 11.3. The molecule has 2 N–H and O–H groups in total. The van der Waals surface area contributed by atoms with E-state index in [2.05, 4.69) is 15.5 Å². The van der Waals surface area contributed by atoms with Crippen LogP contribution in [0.3, 0.4) is 0 Å². The summed E-state index contributed by atoms with van der Waals surface area (Å²) < 4.78 is 10.6. The number of aryl methyl sites for hydroxylation is 1. The maximum absolute atomic E-state index is 11.9. The van der Waals surface area contributed by atoms with Gasteiger partial charge in [-0.1, -0.05) is 18.2 Å². The van der Waals surface area contributed by atoms with Gasteiger partial charge in [-0.25, -0.2) is 10.2 Å². The second-order valence-corrected chi connectivity index (χ2v) is 6.28. The Hall–Kier alpha value is -3.87. The third kappa shape index (κ3) is 3.64. The molecule has 0 saturated carbocycles. The molecule has 0 atom stereocenters. The van der Waals surface area contributed by atoms with Crippen LogP contribution in [-0.2, 0) is 4.79 Å². The maximum Gasteiger partial charge on any atom is 0.336 e. The molecule has 0 fully saturated rings. The van der Waals surface area contributed by atoms with E-state index >= 15 is 0 Å². The molecule has 2 heterocycles. The first-order valence-corrected chi connectivity index (χ1v) is 8.65. The summed E-state index contributed by atoms with van der Waals surface area (Å²) in [6, 6.07) is 14.3. The van der Waals surface area contributed by atoms with Crippen LogP contribution in [0.2, 0.25) is 0 Å². The highest BCUT2D eigenvalue weighted by Gasteiger charge is 2.06. The molecule has 0 unspecified atom stereocenters. The van der Waals surface area contributed by atoms with Crippen molar-refractivity contribution < 1.29 is 13.9 Å². The molecule has 1 amide bonds. The van der Waals surface area contributed by atoms with Gasteiger partial charge < -0.3 is 14.1 Å². The van der Waals surface area contributed by atoms with Crippen molar-refractivity contribution in [2.45, 2.75) is 6.92 Å². The molecule has 28 heavy (non-hydrogen) atoms. The summed E-state index contributed by atoms with van der Waals surface area (Å²) in [7, 11) is 0. The minimum absolute atomic E-state index is 0.215. The van der Waals surface area contributed by atoms with Gasteiger partial charge in [-0.2, -0.15) is 5.10 Å². The van der Waals surface area contributed by atoms with Gasteiger partial charge in [0.1, 0.15) is 11.3 Å². The molecule has 0 spiro atoms. The van der Waals surface area contributed by atoms with Crippen molar-refractivity contribution in [1.82, 2.24) is 10.4 Å². The molecule has 4 aromatic rings. The Balaban J connectivity index is 1.38. The van der Waals surface area contributed by atoms with Crippen LogP contribution in [-0.4, -0.2) is 23.7 Å². The number of ether oxygens (including phenoxy) is 1. The number of amides is 1. The van der Waals surface area contributed by atoms with Crippen molar-refractivity contribution in [3.05, 3.63) is 76.3 Å². The first kappa shape index (κ1) is 17.5. The van der Waals surface area contributed by atoms with Crippen LogP contribution in [0.15, 0.2) is 69.0 Å². The average Bonchev–Trinajstić information content (AvgIpc) is 3.09. The van der Waals surface area contributed by atoms with Gasteiger partial charge in [0.2, 0.25) is 0 Å². The SMILES string of the molecule is Cc1cc(=O)oc2cc(OCC(=O)N/N=C/c3c[nH]c4ccccc34)ccc12. The predicted molar refractivity (Wildman–Crippen MR) is 107 cm³/mol. The van der Waals surface area contributed by atoms with Crippen molar-refractivity contribution in [3.8, 4) is 5.75 Å². The molecule has 0 saturated heterocycles. The highest BCUT2D eigenvalue weighted by atomic mass is 16.5. The van der Waals surface area contributed by atoms with E-state index in [1.165, 1.54) is 6.07 Å². The van der Waals surface area contributed by atoms with Gasteiger partial charge in [-0.15, -0.1) is 0 Å². The Morgan fingerprint density at radius 1 is 1.21 bits per heavy atom. The van der Waals surface area contributed by atoms with Crippen LogP contribution in [0, 0.1) is 6.92 Å². The molecular formula is C21H17N3O4. The number of para-hydroxylation sites is 1. The number of rotatable bonds is 5. The van der Waals surface area contributed by atoms with Crippen LogP contribution in [0.5, 0.6) is 5.75 Å². The third-order valence-corrected chi connectivity index (χ3v) is 4.31. The van der Waals surface area contributed by atoms with Crippen molar-refractivity contribution in [3.63, 3.8) is 0 Å². The first-order valence-electron chi connectivity index (χ1n) is 8.65. The van der Waals surface area contributed by atoms with E-state index in [9.17, 15) is 9.59 Å². The molecule has 7 nitrogen and oxygen atoms in total. The van der Waals surface area contributed by atoms with Crippen molar-refractivity contribution >= 4 is 34.0 Å². The zero-order chi connectivity index (χ0) is 19.5. The van der Waals surface area contributed by atoms with Gasteiger partial charge >= 0.3 is 5.63 Å². The Bertz CT molecular complexity index is 1250. The van der Waals surface area contributed by atoms with Gasteiger partial charge in [0, 0.05) is 40.2 Å². The molecule has 2 aromatic heterocycles. The number of benzene rings is 2. The minimum Gasteiger partial charge on any atom is -0.484 e. The number of hydrogen-bond acceptors (Lipinski definition) is 5. The zero-order valence-electron chi connectivity index (χ0n) is 15.1. The molecule has 0 radical (unpaired) electrons. The lowest BCUT2D eigenvalue weighted by molar-refractivity contribution is -0.123. The number of aromatic amines is 1. The van der Waals surface area contributed by atoms with Gasteiger partial charge in [0.05, 0.1) is 6.21 Å². The third-order valence-electron chi connectivity index (χ3n) is 4.31. The highest BCUT2D eigenvalue weighted by Crippen LogP contribution is 2.22. The quantitative estimate of drug-likeness (QED) is 0.318. The van der Waals surface area contributed by atoms with Gasteiger partial charge in [0.15, 0.2) is 6.61 Å². The van der Waals surface area contributed by atoms with Crippen LogP contribution in [0.1, 0.15) is 11.1 Å². The molecular weight excluding hydrogens is 358 g/mol. The van der Waals surface area contributed by atoms with Gasteiger partial charge in [0.25, 0.3) is 5.91 Å². The molecule has 2 aromatic carbocycles. The monoisotopic (exact) mass is 375 g/mol. The summed E-state index contributed by atoms with van der Waals surface area (Å²) in [4.78, 5) is 26.6. The summed E-state index contributed by atoms with van der Waals surface area (Å²) in [6.45, 7) is 1.62. The van der Waals surface area contributed by atoms with E-state index in [4.69, 9.17) is 9.15 Å². The van der Waals surface area contributed by atoms with Crippen molar-refractivity contribution in [1.29, 1.82) is 0 Å². The molecule has 0 aliphatic carbocycles. The Morgan fingerprint density at radius 2 is 2.07 bits per heavy atom. The summed E-state index contributed by atoms with van der Waals surface area (Å²) in [5.74, 6) is 0.0268. The van der Waals surface area contributed by atoms with Crippen LogP contribution >= 0.6 is 0 Å². The second kappa shape index (κ2) is 7.40. The van der Waals surface area contributed by atoms with E-state index in [0.29, 0.717) is 11.3 Å². The summed E-state index contributed by atoms with van der Waals surface area (Å²) in [5, 5.41) is 5.80. The van der Waals surface area contributed by atoms with Crippen LogP contribution in [0.4, 0.5) is 0 Å². The Labute approximate surface area is 159 Å². The van der Waals surface area contributed by atoms with Crippen molar-refractivity contribution in [2.75, 3.05) is 6.61 Å². The van der Waals surface area contributed by atoms with E-state index in [-0.39, 0.29) is 6.61 Å². The number of H-pyrrole nitrogens is 1. The van der Waals surface area contributed by atoms with Crippen LogP contribution in [0.25, 0.3) is 21.9 Å². The smallest absolute Gasteiger partial charge is 0.336 e. The van der Waals surface area contributed by atoms with E-state index in [1.54, 1.807) is 24.4 Å². The van der Waals surface area contributed by atoms with E-state index < -0.39 is 11.5 Å². The Kier molecular flexibility index (Phi) is 4.63. The predicted octanol–water partition coefficient (Wildman–Crippen LogP) is 3.11. The lowest BCUT2D eigenvalue weighted by atomic mass is 10.1. The number of nitrogens with one attached hydrogen (secondary N) is 2. The molecule has 4 rings (SSSR count). The fourth-order valence-corrected chi connectivity index (χ4v) is 2.95. The zero-order valence-corrected chi connectivity index (χ0v) is 15.1. The highest BCUT2D eigenvalue weighted by molar-refractivity contribution is 5.99. The Morgan fingerprint density at radius 3 is 2.96 bits per heavy atom. The fourth-order valence-electron chi connectivity index (χ4n) is 2.95. The molecule has 0 aliphatic rings. The number of nitrogens with zero attached hydrogens (tertiary/aromatic N) is 1. The first-order chi connectivity index (χ1) is 13.6. The lowest BCUT2D eigenvalue weighted by Gasteiger charge is -2.06. The number of hydrogen-bond donors (Lipinski definition) is 2. The largest absolute Gasteiger partial charge is 0.484 e. The molecule has 0 aliphatic heterocycles. The fraction of sp³-hybridized carbons (Fsp3) is 0.0952. The van der Waals surface area contributed by atoms with E-state index in [1.807, 2.05) is 37.4 Å². The van der Waals surface area contributed by atoms with Crippen LogP contribution < -0.4 is 15.8 Å². The minimum atomic E-state index is -0.425. The number of aromatic nitrogens is 1. The van der Waals surface area contributed by atoms with Gasteiger partial charge in [-0.3, -0.25) is 4.79 Å². The molecule has 140 valence electrons. The topological polar surface area (TPSA) is 96.7 Å². The maximum atomic E-state index is 11.9. The standard InChI is InChI=1S/C21H17N3O4/c1-13-8-21(26)28-19-9-15(6-7-16(13)19)27-12-20(25)24-23-11-14-10-22-18-5-3-2-4-17(14)18/h2-11,22H,12H2,1H3,(H,24,25)/b23-11+. The number of hydrazone groups is 1. The summed E-state index contributed by atoms with van der Waals surface area (Å²) in [5.41, 5.74) is 5.11. The number of carbonyl (C=O) groups excluding carboxylic acids is 1. The van der Waals surface area contributed by atoms with Gasteiger partial charge in [-0.05, 0) is 30.7 Å². The van der Waals surface area contributed by atoms with Crippen molar-refractivity contribution in [2.24, 2.45) is 5.10 Å². The number of fused-ring (bicyclic) bond motifs is 2. The summed E-state index contributed by atoms with van der Waals surface area (Å²) >= 11 is 0. The number of carbonyl (C=O) groups is 1. The molecule has 7 heteroatoms. The lowest BCUT2D eigenvalue weighted by Crippen LogP contribution is -2.24. The average molecular weight is 375 g/mol. The summed E-state index contributed by atoms with van der Waals surface area (Å²) in [6.07, 6.45) is 3.39.